The van der Waals surface area contributed by atoms with Crippen molar-refractivity contribution in [2.45, 2.75) is 27.2 Å². The van der Waals surface area contributed by atoms with Crippen LogP contribution in [0.4, 0.5) is 11.4 Å². The van der Waals surface area contributed by atoms with Crippen molar-refractivity contribution in [3.8, 4) is 11.8 Å². The fraction of sp³-hybridized carbons (Fsp3) is 0.533. The van der Waals surface area contributed by atoms with Gasteiger partial charge in [-0.15, -0.1) is 0 Å². The van der Waals surface area contributed by atoms with Gasteiger partial charge in [0.25, 0.3) is 0 Å². The Hall–Kier alpha value is -2.29. The average molecular weight is 291 g/mol. The third-order valence-corrected chi connectivity index (χ3v) is 3.06. The molecule has 0 heterocycles. The van der Waals surface area contributed by atoms with E-state index in [0.29, 0.717) is 13.2 Å². The molecule has 1 unspecified atom stereocenters. The molecule has 1 aromatic carbocycles. The van der Waals surface area contributed by atoms with Gasteiger partial charge in [-0.05, 0) is 26.3 Å². The second kappa shape index (κ2) is 8.10. The van der Waals surface area contributed by atoms with Crippen LogP contribution in [-0.4, -0.2) is 24.6 Å². The summed E-state index contributed by atoms with van der Waals surface area (Å²) >= 11 is 0. The lowest BCUT2D eigenvalue weighted by atomic mass is 10.1. The average Bonchev–Trinajstić information content (AvgIpc) is 2.49. The highest BCUT2D eigenvalue weighted by Crippen LogP contribution is 2.32. The summed E-state index contributed by atoms with van der Waals surface area (Å²) in [6.45, 7) is 7.52. The van der Waals surface area contributed by atoms with Crippen LogP contribution < -0.4 is 9.64 Å². The van der Waals surface area contributed by atoms with Crippen molar-refractivity contribution in [3.63, 3.8) is 0 Å². The predicted molar refractivity (Wildman–Crippen MR) is 81.5 cm³/mol. The van der Waals surface area contributed by atoms with E-state index in [0.717, 1.165) is 18.7 Å². The van der Waals surface area contributed by atoms with Crippen molar-refractivity contribution in [1.82, 2.24) is 0 Å². The topological polar surface area (TPSA) is 79.4 Å². The van der Waals surface area contributed by atoms with E-state index in [1.807, 2.05) is 25.7 Å². The number of hydrogen-bond acceptors (Lipinski definition) is 5. The van der Waals surface area contributed by atoms with Crippen LogP contribution in [0.5, 0.6) is 5.75 Å². The van der Waals surface area contributed by atoms with Crippen LogP contribution in [0.2, 0.25) is 0 Å². The minimum absolute atomic E-state index is 0.0309. The molecule has 114 valence electrons. The molecule has 0 N–H and O–H groups in total. The van der Waals surface area contributed by atoms with Gasteiger partial charge < -0.3 is 9.64 Å². The Morgan fingerprint density at radius 3 is 2.71 bits per heavy atom. The lowest BCUT2D eigenvalue weighted by Gasteiger charge is -2.24. The standard InChI is InChI=1S/C15H21N3O3/c1-4-8-21-15-9-13(6-7-14(15)18(19)20)17(5-2)11-12(3)10-16/h6-7,9,12H,4-5,8,11H2,1-3H3. The van der Waals surface area contributed by atoms with Crippen molar-refractivity contribution < 1.29 is 9.66 Å². The number of rotatable bonds is 8. The first-order valence-corrected chi connectivity index (χ1v) is 7.09. The summed E-state index contributed by atoms with van der Waals surface area (Å²) in [6.07, 6.45) is 0.782. The van der Waals surface area contributed by atoms with E-state index in [9.17, 15) is 10.1 Å². The van der Waals surface area contributed by atoms with Crippen LogP contribution in [0.25, 0.3) is 0 Å². The molecule has 6 heteroatoms. The van der Waals surface area contributed by atoms with Gasteiger partial charge in [0.1, 0.15) is 0 Å². The lowest BCUT2D eigenvalue weighted by molar-refractivity contribution is -0.385. The van der Waals surface area contributed by atoms with Crippen molar-refractivity contribution in [2.75, 3.05) is 24.6 Å². The van der Waals surface area contributed by atoms with Gasteiger partial charge in [0.2, 0.25) is 0 Å². The van der Waals surface area contributed by atoms with E-state index in [4.69, 9.17) is 10.00 Å². The number of nitriles is 1. The summed E-state index contributed by atoms with van der Waals surface area (Å²) in [6, 6.07) is 7.04. The van der Waals surface area contributed by atoms with E-state index in [2.05, 4.69) is 6.07 Å². The fourth-order valence-electron chi connectivity index (χ4n) is 1.97. The minimum atomic E-state index is -0.442. The summed E-state index contributed by atoms with van der Waals surface area (Å²) in [7, 11) is 0. The van der Waals surface area contributed by atoms with E-state index >= 15 is 0 Å². The molecule has 1 aromatic rings. The largest absolute Gasteiger partial charge is 0.487 e. The van der Waals surface area contributed by atoms with Crippen LogP contribution >= 0.6 is 0 Å². The summed E-state index contributed by atoms with van der Waals surface area (Å²) in [5.41, 5.74) is 0.799. The smallest absolute Gasteiger partial charge is 0.311 e. The number of hydrogen-bond donors (Lipinski definition) is 0. The van der Waals surface area contributed by atoms with Crippen LogP contribution in [0, 0.1) is 27.4 Å². The zero-order chi connectivity index (χ0) is 15.8. The number of nitrogens with zero attached hydrogens (tertiary/aromatic N) is 3. The number of anilines is 1. The van der Waals surface area contributed by atoms with Gasteiger partial charge in [-0.3, -0.25) is 10.1 Å². The van der Waals surface area contributed by atoms with Gasteiger partial charge >= 0.3 is 5.69 Å². The molecule has 0 aliphatic carbocycles. The highest BCUT2D eigenvalue weighted by atomic mass is 16.6. The summed E-state index contributed by atoms with van der Waals surface area (Å²) in [5.74, 6) is 0.169. The highest BCUT2D eigenvalue weighted by molar-refractivity contribution is 5.59. The Balaban J connectivity index is 3.07. The van der Waals surface area contributed by atoms with E-state index in [-0.39, 0.29) is 17.4 Å². The predicted octanol–water partition coefficient (Wildman–Crippen LogP) is 3.37. The van der Waals surface area contributed by atoms with Crippen LogP contribution in [0.15, 0.2) is 18.2 Å². The molecular formula is C15H21N3O3. The molecule has 1 rings (SSSR count). The molecular weight excluding hydrogens is 270 g/mol. The Kier molecular flexibility index (Phi) is 6.47. The molecule has 0 fully saturated rings. The number of benzene rings is 1. The zero-order valence-electron chi connectivity index (χ0n) is 12.7. The quantitative estimate of drug-likeness (QED) is 0.542. The third-order valence-electron chi connectivity index (χ3n) is 3.06. The Labute approximate surface area is 125 Å². The Morgan fingerprint density at radius 1 is 1.48 bits per heavy atom. The molecule has 0 radical (unpaired) electrons. The number of ether oxygens (including phenoxy) is 1. The lowest BCUT2D eigenvalue weighted by Crippen LogP contribution is -2.27. The van der Waals surface area contributed by atoms with Crippen LogP contribution in [-0.2, 0) is 0 Å². The van der Waals surface area contributed by atoms with Gasteiger partial charge in [-0.1, -0.05) is 6.92 Å². The summed E-state index contributed by atoms with van der Waals surface area (Å²) in [5, 5.41) is 20.0. The van der Waals surface area contributed by atoms with Crippen LogP contribution in [0.3, 0.4) is 0 Å². The Morgan fingerprint density at radius 2 is 2.19 bits per heavy atom. The maximum absolute atomic E-state index is 11.0. The molecule has 21 heavy (non-hydrogen) atoms. The first-order chi connectivity index (χ1) is 10.0. The second-order valence-corrected chi connectivity index (χ2v) is 4.83. The monoisotopic (exact) mass is 291 g/mol. The molecule has 0 aromatic heterocycles. The van der Waals surface area contributed by atoms with Gasteiger partial charge in [0, 0.05) is 30.9 Å². The summed E-state index contributed by atoms with van der Waals surface area (Å²) < 4.78 is 5.48. The first kappa shape index (κ1) is 16.8. The van der Waals surface area contributed by atoms with Gasteiger partial charge in [0.15, 0.2) is 5.75 Å². The fourth-order valence-corrected chi connectivity index (χ4v) is 1.97. The molecule has 0 aliphatic heterocycles. The number of nitro groups is 1. The number of nitro benzene ring substituents is 1. The first-order valence-electron chi connectivity index (χ1n) is 7.09. The molecule has 0 saturated carbocycles. The van der Waals surface area contributed by atoms with E-state index < -0.39 is 4.92 Å². The van der Waals surface area contributed by atoms with E-state index in [1.165, 1.54) is 6.07 Å². The maximum atomic E-state index is 11.0. The SMILES string of the molecule is CCCOc1cc(N(CC)CC(C)C#N)ccc1[N+](=O)[O-]. The highest BCUT2D eigenvalue weighted by Gasteiger charge is 2.18. The maximum Gasteiger partial charge on any atom is 0.311 e. The van der Waals surface area contributed by atoms with Crippen LogP contribution in [0.1, 0.15) is 27.2 Å². The van der Waals surface area contributed by atoms with Crippen molar-refractivity contribution in [2.24, 2.45) is 5.92 Å². The normalized spacial score (nSPS) is 11.5. The minimum Gasteiger partial charge on any atom is -0.487 e. The molecule has 0 spiro atoms. The third kappa shape index (κ3) is 4.63. The van der Waals surface area contributed by atoms with Crippen molar-refractivity contribution in [3.05, 3.63) is 28.3 Å². The molecule has 0 aliphatic rings. The van der Waals surface area contributed by atoms with Gasteiger partial charge in [-0.2, -0.15) is 5.26 Å². The molecule has 0 bridgehead atoms. The van der Waals surface area contributed by atoms with Crippen molar-refractivity contribution in [1.29, 1.82) is 5.26 Å². The van der Waals surface area contributed by atoms with E-state index in [1.54, 1.807) is 12.1 Å². The molecule has 0 saturated heterocycles. The summed E-state index contributed by atoms with van der Waals surface area (Å²) in [4.78, 5) is 12.6. The zero-order valence-corrected chi connectivity index (χ0v) is 12.7. The van der Waals surface area contributed by atoms with Gasteiger partial charge in [0.05, 0.1) is 23.5 Å². The second-order valence-electron chi connectivity index (χ2n) is 4.83. The molecule has 6 nitrogen and oxygen atoms in total. The molecule has 0 amide bonds. The molecule has 1 atom stereocenters. The Bertz CT molecular complexity index is 525. The van der Waals surface area contributed by atoms with Gasteiger partial charge in [-0.25, -0.2) is 0 Å². The van der Waals surface area contributed by atoms with Crippen molar-refractivity contribution >= 4 is 11.4 Å².